The van der Waals surface area contributed by atoms with Crippen LogP contribution in [0, 0.1) is 0 Å². The van der Waals surface area contributed by atoms with Gasteiger partial charge < -0.3 is 10.6 Å². The van der Waals surface area contributed by atoms with Crippen molar-refractivity contribution in [2.24, 2.45) is 10.9 Å². The van der Waals surface area contributed by atoms with Gasteiger partial charge in [0.15, 0.2) is 0 Å². The molecule has 0 aromatic carbocycles. The zero-order valence-electron chi connectivity index (χ0n) is 5.13. The van der Waals surface area contributed by atoms with E-state index in [1.807, 2.05) is 6.92 Å². The molecule has 48 valence electrons. The summed E-state index contributed by atoms with van der Waals surface area (Å²) >= 11 is 0. The highest BCUT2D eigenvalue weighted by atomic mass is 16.6. The highest BCUT2D eigenvalue weighted by Gasteiger charge is 1.78. The van der Waals surface area contributed by atoms with Crippen molar-refractivity contribution in [3.8, 4) is 0 Å². The zero-order valence-corrected chi connectivity index (χ0v) is 5.13. The number of rotatable bonds is 4. The van der Waals surface area contributed by atoms with Crippen LogP contribution >= 0.6 is 0 Å². The first kappa shape index (κ1) is 7.43. The molecule has 0 aromatic rings. The Morgan fingerprint density at radius 2 is 2.50 bits per heavy atom. The minimum Gasteiger partial charge on any atom is -0.396 e. The van der Waals surface area contributed by atoms with Crippen molar-refractivity contribution in [1.82, 2.24) is 0 Å². The molecule has 0 saturated carbocycles. The van der Waals surface area contributed by atoms with E-state index in [4.69, 9.17) is 10.6 Å². The first-order chi connectivity index (χ1) is 3.91. The van der Waals surface area contributed by atoms with Crippen LogP contribution < -0.4 is 5.73 Å². The molecule has 0 amide bonds. The monoisotopic (exact) mass is 116 g/mol. The van der Waals surface area contributed by atoms with Crippen LogP contribution in [0.3, 0.4) is 0 Å². The maximum Gasteiger partial charge on any atom is 0.118 e. The van der Waals surface area contributed by atoms with E-state index < -0.39 is 0 Å². The molecular formula is C5H12N2O. The summed E-state index contributed by atoms with van der Waals surface area (Å²) in [6, 6.07) is 0. The molecule has 0 atom stereocenters. The fourth-order valence-corrected chi connectivity index (χ4v) is 0.275. The third-order valence-corrected chi connectivity index (χ3v) is 0.620. The van der Waals surface area contributed by atoms with E-state index in [9.17, 15) is 0 Å². The van der Waals surface area contributed by atoms with E-state index in [1.165, 1.54) is 0 Å². The predicted molar refractivity (Wildman–Crippen MR) is 33.8 cm³/mol. The smallest absolute Gasteiger partial charge is 0.118 e. The molecule has 0 radical (unpaired) electrons. The van der Waals surface area contributed by atoms with Gasteiger partial charge in [-0.3, -0.25) is 0 Å². The Balaban J connectivity index is 2.72. The molecule has 0 spiro atoms. The van der Waals surface area contributed by atoms with Crippen LogP contribution in [0.2, 0.25) is 0 Å². The van der Waals surface area contributed by atoms with Crippen molar-refractivity contribution < 1.29 is 4.84 Å². The molecule has 3 heteroatoms. The Labute approximate surface area is 49.5 Å². The van der Waals surface area contributed by atoms with Crippen LogP contribution in [-0.4, -0.2) is 19.4 Å². The maximum absolute atomic E-state index is 5.18. The van der Waals surface area contributed by atoms with E-state index in [0.717, 1.165) is 6.42 Å². The van der Waals surface area contributed by atoms with Crippen molar-refractivity contribution in [3.05, 3.63) is 0 Å². The summed E-state index contributed by atoms with van der Waals surface area (Å²) in [4.78, 5) is 4.71. The minimum atomic E-state index is 0.626. The molecule has 0 fully saturated rings. The van der Waals surface area contributed by atoms with Crippen LogP contribution in [-0.2, 0) is 4.84 Å². The van der Waals surface area contributed by atoms with E-state index >= 15 is 0 Å². The topological polar surface area (TPSA) is 47.6 Å². The first-order valence-corrected chi connectivity index (χ1v) is 2.72. The highest BCUT2D eigenvalue weighted by Crippen LogP contribution is 1.77. The fraction of sp³-hybridized carbons (Fsp3) is 0.800. The number of nitrogens with zero attached hydrogens (tertiary/aromatic N) is 1. The summed E-state index contributed by atoms with van der Waals surface area (Å²) in [6.07, 6.45) is 2.48. The van der Waals surface area contributed by atoms with Crippen molar-refractivity contribution in [1.29, 1.82) is 0 Å². The van der Waals surface area contributed by atoms with E-state index in [1.54, 1.807) is 6.21 Å². The molecule has 0 aliphatic carbocycles. The zero-order chi connectivity index (χ0) is 6.24. The van der Waals surface area contributed by atoms with Gasteiger partial charge in [0.05, 0.1) is 0 Å². The lowest BCUT2D eigenvalue weighted by atomic mass is 10.5. The summed E-state index contributed by atoms with van der Waals surface area (Å²) in [5.74, 6) is 0. The number of oxime groups is 1. The summed E-state index contributed by atoms with van der Waals surface area (Å²) in [6.45, 7) is 3.10. The number of hydrogen-bond acceptors (Lipinski definition) is 3. The van der Waals surface area contributed by atoms with E-state index in [0.29, 0.717) is 13.2 Å². The van der Waals surface area contributed by atoms with Crippen molar-refractivity contribution >= 4 is 6.21 Å². The van der Waals surface area contributed by atoms with Crippen molar-refractivity contribution in [3.63, 3.8) is 0 Å². The highest BCUT2D eigenvalue weighted by molar-refractivity contribution is 5.52. The Morgan fingerprint density at radius 1 is 1.75 bits per heavy atom. The molecule has 0 saturated heterocycles. The predicted octanol–water partition coefficient (Wildman–Crippen LogP) is 0.358. The third-order valence-electron chi connectivity index (χ3n) is 0.620. The molecule has 3 nitrogen and oxygen atoms in total. The molecule has 8 heavy (non-hydrogen) atoms. The number of nitrogens with two attached hydrogens (primary N) is 1. The van der Waals surface area contributed by atoms with Gasteiger partial charge in [-0.2, -0.15) is 0 Å². The maximum atomic E-state index is 5.18. The second-order valence-corrected chi connectivity index (χ2v) is 1.34. The molecule has 0 rings (SSSR count). The van der Waals surface area contributed by atoms with Crippen LogP contribution in [0.15, 0.2) is 5.16 Å². The average Bonchev–Trinajstić information content (AvgIpc) is 1.81. The van der Waals surface area contributed by atoms with Crippen LogP contribution in [0.5, 0.6) is 0 Å². The molecule has 0 heterocycles. The molecule has 0 aliphatic heterocycles. The van der Waals surface area contributed by atoms with Gasteiger partial charge in [-0.05, 0) is 19.9 Å². The van der Waals surface area contributed by atoms with E-state index in [-0.39, 0.29) is 0 Å². The van der Waals surface area contributed by atoms with Gasteiger partial charge >= 0.3 is 0 Å². The van der Waals surface area contributed by atoms with Gasteiger partial charge in [0, 0.05) is 6.21 Å². The standard InChI is InChI=1S/C5H12N2O/c1-2-7-8-5-3-4-6/h2H,3-6H2,1H3/b7-2+. The van der Waals surface area contributed by atoms with Crippen LogP contribution in [0.4, 0.5) is 0 Å². The van der Waals surface area contributed by atoms with Gasteiger partial charge in [0.25, 0.3) is 0 Å². The van der Waals surface area contributed by atoms with Crippen molar-refractivity contribution in [2.45, 2.75) is 13.3 Å². The van der Waals surface area contributed by atoms with Gasteiger partial charge in [-0.25, -0.2) is 0 Å². The SMILES string of the molecule is C/C=N/OCCCN. The van der Waals surface area contributed by atoms with E-state index in [2.05, 4.69) is 5.16 Å². The fourth-order valence-electron chi connectivity index (χ4n) is 0.275. The lowest BCUT2D eigenvalue weighted by Gasteiger charge is -1.92. The quantitative estimate of drug-likeness (QED) is 0.327. The van der Waals surface area contributed by atoms with Gasteiger partial charge in [-0.15, -0.1) is 0 Å². The Kier molecular flexibility index (Phi) is 5.97. The normalized spacial score (nSPS) is 10.2. The molecular weight excluding hydrogens is 104 g/mol. The van der Waals surface area contributed by atoms with Gasteiger partial charge in [0.1, 0.15) is 6.61 Å². The molecule has 2 N–H and O–H groups in total. The van der Waals surface area contributed by atoms with Crippen LogP contribution in [0.1, 0.15) is 13.3 Å². The molecule has 0 aliphatic rings. The van der Waals surface area contributed by atoms with Crippen LogP contribution in [0.25, 0.3) is 0 Å². The van der Waals surface area contributed by atoms with Gasteiger partial charge in [0.2, 0.25) is 0 Å². The second kappa shape index (κ2) is 6.43. The van der Waals surface area contributed by atoms with Crippen molar-refractivity contribution in [2.75, 3.05) is 13.2 Å². The first-order valence-electron chi connectivity index (χ1n) is 2.72. The Morgan fingerprint density at radius 3 is 3.00 bits per heavy atom. The Bertz CT molecular complexity index is 63.4. The van der Waals surface area contributed by atoms with Gasteiger partial charge in [-0.1, -0.05) is 5.16 Å². The third kappa shape index (κ3) is 5.43. The Hall–Kier alpha value is -0.570. The second-order valence-electron chi connectivity index (χ2n) is 1.34. The molecule has 0 bridgehead atoms. The minimum absolute atomic E-state index is 0.626. The lowest BCUT2D eigenvalue weighted by Crippen LogP contribution is -2.01. The molecule has 0 unspecified atom stereocenters. The summed E-state index contributed by atoms with van der Waals surface area (Å²) < 4.78 is 0. The summed E-state index contributed by atoms with van der Waals surface area (Å²) in [5, 5.41) is 3.53. The average molecular weight is 116 g/mol. The number of hydrogen-bond donors (Lipinski definition) is 1. The summed E-state index contributed by atoms with van der Waals surface area (Å²) in [5.41, 5.74) is 5.18. The molecule has 0 aromatic heterocycles. The lowest BCUT2D eigenvalue weighted by molar-refractivity contribution is 0.144. The summed E-state index contributed by atoms with van der Waals surface area (Å²) in [7, 11) is 0. The largest absolute Gasteiger partial charge is 0.396 e.